The number of fused-ring (bicyclic) bond motifs is 7. The van der Waals surface area contributed by atoms with Crippen LogP contribution in [0.5, 0.6) is 0 Å². The van der Waals surface area contributed by atoms with Crippen LogP contribution >= 0.6 is 0 Å². The molecule has 2 aliphatic heterocycles. The summed E-state index contributed by atoms with van der Waals surface area (Å²) in [5.41, 5.74) is 22.6. The highest BCUT2D eigenvalue weighted by molar-refractivity contribution is 5.87. The van der Waals surface area contributed by atoms with E-state index in [-0.39, 0.29) is 21.7 Å². The molecule has 0 fully saturated rings. The molecule has 0 amide bonds. The number of benzene rings is 6. The second kappa shape index (κ2) is 13.7. The van der Waals surface area contributed by atoms with Crippen molar-refractivity contribution in [2.75, 3.05) is 9.80 Å². The van der Waals surface area contributed by atoms with Gasteiger partial charge in [0.1, 0.15) is 0 Å². The molecule has 2 nitrogen and oxygen atoms in total. The predicted octanol–water partition coefficient (Wildman–Crippen LogP) is 15.8. The van der Waals surface area contributed by atoms with E-state index < -0.39 is 0 Å². The fourth-order valence-electron chi connectivity index (χ4n) is 11.9. The maximum Gasteiger partial charge on any atom is 0.0502 e. The predicted molar refractivity (Wildman–Crippen MR) is 262 cm³/mol. The third-order valence-corrected chi connectivity index (χ3v) is 15.7. The zero-order valence-corrected chi connectivity index (χ0v) is 37.7. The summed E-state index contributed by atoms with van der Waals surface area (Å²) < 4.78 is 0. The zero-order valence-electron chi connectivity index (χ0n) is 37.7. The fourth-order valence-corrected chi connectivity index (χ4v) is 11.9. The fraction of sp³-hybridized carbons (Fsp3) is 0.267. The van der Waals surface area contributed by atoms with E-state index in [0.717, 1.165) is 19.3 Å². The molecule has 0 saturated carbocycles. The van der Waals surface area contributed by atoms with Crippen LogP contribution in [0.4, 0.5) is 22.7 Å². The van der Waals surface area contributed by atoms with Gasteiger partial charge in [-0.05, 0) is 134 Å². The summed E-state index contributed by atoms with van der Waals surface area (Å²) in [6.07, 6.45) is 13.1. The molecule has 1 unspecified atom stereocenters. The monoisotopic (exact) mass is 806 g/mol. The van der Waals surface area contributed by atoms with E-state index >= 15 is 0 Å². The molecule has 6 aromatic rings. The van der Waals surface area contributed by atoms with Crippen molar-refractivity contribution < 1.29 is 0 Å². The van der Waals surface area contributed by atoms with Crippen LogP contribution < -0.4 is 9.80 Å². The molecular formula is C60H58N2. The lowest BCUT2D eigenvalue weighted by Crippen LogP contribution is -2.39. The number of allylic oxidation sites excluding steroid dienone is 7. The lowest BCUT2D eigenvalue weighted by Gasteiger charge is -2.47. The smallest absolute Gasteiger partial charge is 0.0502 e. The molecule has 0 aromatic heterocycles. The molecule has 6 aromatic carbocycles. The average Bonchev–Trinajstić information content (AvgIpc) is 3.51. The standard InChI is InChI=1S/C60H58N2/c1-57(2,42-21-18-22-43(37-42)61-53-27-13-9-23-47(53)58(3,4)48-24-10-14-28-54(48)61)41-20-17-19-39(35-41)40-31-33-45-46-34-32-44(38-52(46)60(7,8)51(45)36-40)62-55-29-15-11-25-49(55)59(5,6)50-26-12-16-30-56(50)62/h9-11,13-15,17-37,52H,12,16,38H2,1-8H3. The minimum absolute atomic E-state index is 0.0179. The van der Waals surface area contributed by atoms with Gasteiger partial charge in [0.25, 0.3) is 0 Å². The summed E-state index contributed by atoms with van der Waals surface area (Å²) in [5, 5.41) is 0. The van der Waals surface area contributed by atoms with Gasteiger partial charge in [0, 0.05) is 39.0 Å². The van der Waals surface area contributed by atoms with Gasteiger partial charge in [-0.2, -0.15) is 0 Å². The normalized spacial score (nSPS) is 20.0. The van der Waals surface area contributed by atoms with Crippen LogP contribution in [0.1, 0.15) is 114 Å². The van der Waals surface area contributed by atoms with E-state index in [1.54, 1.807) is 0 Å². The van der Waals surface area contributed by atoms with Gasteiger partial charge >= 0.3 is 0 Å². The van der Waals surface area contributed by atoms with Gasteiger partial charge in [0.05, 0.1) is 11.4 Å². The van der Waals surface area contributed by atoms with Crippen molar-refractivity contribution in [3.63, 3.8) is 0 Å². The Kier molecular flexibility index (Phi) is 8.56. The van der Waals surface area contributed by atoms with Crippen LogP contribution in [0.3, 0.4) is 0 Å². The molecule has 0 saturated heterocycles. The van der Waals surface area contributed by atoms with Crippen LogP contribution in [0.2, 0.25) is 0 Å². The van der Waals surface area contributed by atoms with E-state index in [2.05, 4.69) is 229 Å². The lowest BCUT2D eigenvalue weighted by atomic mass is 9.69. The highest BCUT2D eigenvalue weighted by Crippen LogP contribution is 2.58. The Morgan fingerprint density at radius 3 is 1.79 bits per heavy atom. The average molecular weight is 807 g/mol. The first-order valence-electron chi connectivity index (χ1n) is 22.8. The topological polar surface area (TPSA) is 6.48 Å². The van der Waals surface area contributed by atoms with Crippen LogP contribution in [0.15, 0.2) is 181 Å². The van der Waals surface area contributed by atoms with Crippen LogP contribution in [-0.2, 0) is 21.7 Å². The summed E-state index contributed by atoms with van der Waals surface area (Å²) >= 11 is 0. The molecule has 0 N–H and O–H groups in total. The molecule has 62 heavy (non-hydrogen) atoms. The van der Waals surface area contributed by atoms with Gasteiger partial charge in [-0.3, -0.25) is 0 Å². The summed E-state index contributed by atoms with van der Waals surface area (Å²) in [6.45, 7) is 19.2. The van der Waals surface area contributed by atoms with Crippen molar-refractivity contribution in [2.24, 2.45) is 5.92 Å². The van der Waals surface area contributed by atoms with Crippen molar-refractivity contribution in [1.82, 2.24) is 0 Å². The number of hydrogen-bond acceptors (Lipinski definition) is 2. The summed E-state index contributed by atoms with van der Waals surface area (Å²) in [7, 11) is 0. The Balaban J connectivity index is 0.917. The first-order chi connectivity index (χ1) is 29.8. The number of rotatable bonds is 5. The Bertz CT molecular complexity index is 2910. The van der Waals surface area contributed by atoms with Crippen LogP contribution in [0, 0.1) is 5.92 Å². The molecule has 308 valence electrons. The van der Waals surface area contributed by atoms with E-state index in [0.29, 0.717) is 5.92 Å². The maximum absolute atomic E-state index is 2.61. The number of anilines is 4. The molecule has 1 atom stereocenters. The van der Waals surface area contributed by atoms with Crippen molar-refractivity contribution in [3.05, 3.63) is 220 Å². The van der Waals surface area contributed by atoms with Crippen molar-refractivity contribution >= 4 is 28.3 Å². The lowest BCUT2D eigenvalue weighted by molar-refractivity contribution is 0.405. The van der Waals surface area contributed by atoms with Crippen molar-refractivity contribution in [1.29, 1.82) is 0 Å². The quantitative estimate of drug-likeness (QED) is 0.171. The Morgan fingerprint density at radius 1 is 0.516 bits per heavy atom. The molecule has 0 spiro atoms. The summed E-state index contributed by atoms with van der Waals surface area (Å²) in [4.78, 5) is 5.08. The van der Waals surface area contributed by atoms with Gasteiger partial charge in [0.2, 0.25) is 0 Å². The summed E-state index contributed by atoms with van der Waals surface area (Å²) in [5.74, 6) is 0.397. The number of para-hydroxylation sites is 3. The van der Waals surface area contributed by atoms with E-state index in [9.17, 15) is 0 Å². The second-order valence-corrected chi connectivity index (χ2v) is 20.5. The van der Waals surface area contributed by atoms with Crippen LogP contribution in [0.25, 0.3) is 16.7 Å². The minimum Gasteiger partial charge on any atom is -0.314 e. The molecular weight excluding hydrogens is 749 g/mol. The molecule has 0 radical (unpaired) electrons. The number of hydrogen-bond donors (Lipinski definition) is 0. The maximum atomic E-state index is 2.61. The van der Waals surface area contributed by atoms with Crippen molar-refractivity contribution in [3.8, 4) is 11.1 Å². The van der Waals surface area contributed by atoms with Crippen LogP contribution in [-0.4, -0.2) is 0 Å². The Morgan fingerprint density at radius 2 is 1.10 bits per heavy atom. The Labute approximate surface area is 369 Å². The molecule has 11 rings (SSSR count). The minimum atomic E-state index is -0.233. The van der Waals surface area contributed by atoms with Gasteiger partial charge in [0.15, 0.2) is 0 Å². The van der Waals surface area contributed by atoms with Gasteiger partial charge in [-0.1, -0.05) is 177 Å². The Hall–Kier alpha value is -6.12. The largest absolute Gasteiger partial charge is 0.314 e. The highest BCUT2D eigenvalue weighted by atomic mass is 15.2. The van der Waals surface area contributed by atoms with Gasteiger partial charge < -0.3 is 9.80 Å². The zero-order chi connectivity index (χ0) is 42.8. The molecule has 2 heterocycles. The van der Waals surface area contributed by atoms with E-state index in [1.165, 1.54) is 95.4 Å². The SMILES string of the molecule is CC1(C)C2=CCCC=C2N(C2=CC=C3c4ccc(-c5cccc(C(C)(C)c6cccc(N7c8ccccc8C(C)(C)c8ccccc87)c6)c5)cc4C(C)(C)C3C2)c2ccccc21. The van der Waals surface area contributed by atoms with Gasteiger partial charge in [-0.25, -0.2) is 0 Å². The molecule has 2 heteroatoms. The van der Waals surface area contributed by atoms with E-state index in [1.807, 2.05) is 0 Å². The third kappa shape index (κ3) is 5.61. The molecule has 5 aliphatic rings. The van der Waals surface area contributed by atoms with Crippen molar-refractivity contribution in [2.45, 2.75) is 96.3 Å². The third-order valence-electron chi connectivity index (χ3n) is 15.7. The van der Waals surface area contributed by atoms with E-state index in [4.69, 9.17) is 0 Å². The summed E-state index contributed by atoms with van der Waals surface area (Å²) in [6, 6.07) is 52.8. The molecule has 3 aliphatic carbocycles. The second-order valence-electron chi connectivity index (χ2n) is 20.5. The number of nitrogens with zero attached hydrogens (tertiary/aromatic N) is 2. The first kappa shape index (κ1) is 38.8. The first-order valence-corrected chi connectivity index (χ1v) is 22.8. The molecule has 0 bridgehead atoms. The highest BCUT2D eigenvalue weighted by Gasteiger charge is 2.47. The van der Waals surface area contributed by atoms with Gasteiger partial charge in [-0.15, -0.1) is 0 Å².